The molecule has 5 atom stereocenters. The van der Waals surface area contributed by atoms with Crippen LogP contribution in [0.5, 0.6) is 0 Å². The van der Waals surface area contributed by atoms with Crippen molar-refractivity contribution in [2.24, 2.45) is 28.6 Å². The van der Waals surface area contributed by atoms with Crippen LogP contribution in [0.4, 0.5) is 0 Å². The molecule has 2 aliphatic heterocycles. The van der Waals surface area contributed by atoms with Crippen LogP contribution in [0.1, 0.15) is 58.3 Å². The molecule has 3 saturated carbocycles. The third kappa shape index (κ3) is 2.15. The Labute approximate surface area is 167 Å². The summed E-state index contributed by atoms with van der Waals surface area (Å²) in [5, 5.41) is 10.7. The number of aliphatic hydroxyl groups is 1. The topological polar surface area (TPSA) is 57.2 Å². The van der Waals surface area contributed by atoms with Crippen molar-refractivity contribution in [3.8, 4) is 0 Å². The second kappa shape index (κ2) is 6.04. The van der Waals surface area contributed by atoms with Crippen LogP contribution < -0.4 is 0 Å². The molecule has 0 unspecified atom stereocenters. The summed E-state index contributed by atoms with van der Waals surface area (Å²) in [7, 11) is 0. The van der Waals surface area contributed by atoms with Crippen molar-refractivity contribution in [3.63, 3.8) is 0 Å². The second-order valence-corrected chi connectivity index (χ2v) is 10.4. The van der Waals surface area contributed by atoms with Crippen LogP contribution in [0.2, 0.25) is 0 Å². The van der Waals surface area contributed by atoms with Crippen molar-refractivity contribution in [2.45, 2.75) is 69.9 Å². The van der Waals surface area contributed by atoms with Gasteiger partial charge in [-0.3, -0.25) is 0 Å². The van der Waals surface area contributed by atoms with Crippen molar-refractivity contribution in [1.82, 2.24) is 0 Å². The molecule has 0 aromatic carbocycles. The molecule has 2 heterocycles. The van der Waals surface area contributed by atoms with Gasteiger partial charge >= 0.3 is 0 Å². The average Bonchev–Trinajstić information content (AvgIpc) is 3.43. The SMILES string of the molecule is C[C@]12CC[C@H]3[C@@H](CC=C4CC5(CC[C@@]43CO)OCCO5)[C@@H]1CCC21OCCO1. The zero-order valence-corrected chi connectivity index (χ0v) is 17.1. The van der Waals surface area contributed by atoms with Gasteiger partial charge in [0.25, 0.3) is 0 Å². The predicted molar refractivity (Wildman–Crippen MR) is 102 cm³/mol. The minimum Gasteiger partial charge on any atom is -0.395 e. The van der Waals surface area contributed by atoms with Crippen LogP contribution in [0, 0.1) is 28.6 Å². The third-order valence-electron chi connectivity index (χ3n) is 9.73. The van der Waals surface area contributed by atoms with Crippen LogP contribution in [0.25, 0.3) is 0 Å². The molecule has 2 saturated heterocycles. The van der Waals surface area contributed by atoms with Crippen LogP contribution in [-0.4, -0.2) is 49.7 Å². The Morgan fingerprint density at radius 3 is 2.39 bits per heavy atom. The maximum absolute atomic E-state index is 10.7. The molecule has 6 aliphatic rings. The van der Waals surface area contributed by atoms with Crippen LogP contribution >= 0.6 is 0 Å². The fraction of sp³-hybridized carbons (Fsp3) is 0.913. The molecule has 0 aromatic rings. The predicted octanol–water partition coefficient (Wildman–Crippen LogP) is 3.41. The molecule has 156 valence electrons. The monoisotopic (exact) mass is 390 g/mol. The van der Waals surface area contributed by atoms with Gasteiger partial charge in [0.15, 0.2) is 11.6 Å². The van der Waals surface area contributed by atoms with E-state index >= 15 is 0 Å². The van der Waals surface area contributed by atoms with E-state index in [4.69, 9.17) is 18.9 Å². The quantitative estimate of drug-likeness (QED) is 0.696. The molecule has 0 radical (unpaired) electrons. The van der Waals surface area contributed by atoms with E-state index in [-0.39, 0.29) is 23.2 Å². The normalized spacial score (nSPS) is 48.4. The van der Waals surface area contributed by atoms with E-state index in [9.17, 15) is 5.11 Å². The van der Waals surface area contributed by atoms with Gasteiger partial charge in [-0.25, -0.2) is 0 Å². The molecule has 0 bridgehead atoms. The number of ether oxygens (including phenoxy) is 4. The van der Waals surface area contributed by atoms with Crippen molar-refractivity contribution < 1.29 is 24.1 Å². The lowest BCUT2D eigenvalue weighted by atomic mass is 9.47. The van der Waals surface area contributed by atoms with E-state index in [1.165, 1.54) is 18.4 Å². The average molecular weight is 391 g/mol. The van der Waals surface area contributed by atoms with Crippen molar-refractivity contribution in [2.75, 3.05) is 33.0 Å². The fourth-order valence-corrected chi connectivity index (χ4v) is 8.34. The zero-order valence-electron chi connectivity index (χ0n) is 17.1. The molecule has 28 heavy (non-hydrogen) atoms. The van der Waals surface area contributed by atoms with E-state index < -0.39 is 5.79 Å². The number of hydrogen-bond donors (Lipinski definition) is 1. The summed E-state index contributed by atoms with van der Waals surface area (Å²) in [5.41, 5.74) is 1.45. The minimum absolute atomic E-state index is 0.0715. The molecular formula is C23H34O5. The molecule has 1 N–H and O–H groups in total. The van der Waals surface area contributed by atoms with Crippen LogP contribution in [-0.2, 0) is 18.9 Å². The van der Waals surface area contributed by atoms with Gasteiger partial charge in [-0.15, -0.1) is 0 Å². The standard InChI is InChI=1S/C23H34O5/c1-20-6-4-19-17(18(20)5-7-23(20)27-12-13-28-23)3-2-16-14-22(25-10-11-26-22)9-8-21(16,19)15-24/h2,17-19,24H,3-15H2,1H3/t17-,18-,19-,20-,21+/m0/s1. The number of aliphatic hydroxyl groups excluding tert-OH is 1. The molecule has 5 nitrogen and oxygen atoms in total. The maximum atomic E-state index is 10.7. The highest BCUT2D eigenvalue weighted by atomic mass is 16.7. The summed E-state index contributed by atoms with van der Waals surface area (Å²) in [6.45, 7) is 5.57. The molecule has 5 heteroatoms. The lowest BCUT2D eigenvalue weighted by Crippen LogP contribution is -2.57. The van der Waals surface area contributed by atoms with Gasteiger partial charge in [-0.05, 0) is 49.9 Å². The first kappa shape index (κ1) is 18.3. The first-order valence-corrected chi connectivity index (χ1v) is 11.4. The third-order valence-corrected chi connectivity index (χ3v) is 9.73. The van der Waals surface area contributed by atoms with Crippen molar-refractivity contribution in [3.05, 3.63) is 11.6 Å². The number of rotatable bonds is 1. The molecule has 6 rings (SSSR count). The Kier molecular flexibility index (Phi) is 3.95. The largest absolute Gasteiger partial charge is 0.395 e. The van der Waals surface area contributed by atoms with Gasteiger partial charge in [0, 0.05) is 30.1 Å². The van der Waals surface area contributed by atoms with Gasteiger partial charge in [-0.1, -0.05) is 18.6 Å². The van der Waals surface area contributed by atoms with Crippen LogP contribution in [0.3, 0.4) is 0 Å². The van der Waals surface area contributed by atoms with E-state index in [0.717, 1.165) is 51.7 Å². The van der Waals surface area contributed by atoms with E-state index in [1.807, 2.05) is 0 Å². The van der Waals surface area contributed by atoms with E-state index in [1.54, 1.807) is 0 Å². The van der Waals surface area contributed by atoms with Crippen LogP contribution in [0.15, 0.2) is 11.6 Å². The number of allylic oxidation sites excluding steroid dienone is 1. The lowest BCUT2D eigenvalue weighted by molar-refractivity contribution is -0.245. The first-order chi connectivity index (χ1) is 13.6. The molecule has 0 aromatic heterocycles. The summed E-state index contributed by atoms with van der Waals surface area (Å²) in [4.78, 5) is 0. The summed E-state index contributed by atoms with van der Waals surface area (Å²) in [6, 6.07) is 0. The minimum atomic E-state index is -0.413. The summed E-state index contributed by atoms with van der Waals surface area (Å²) in [6.07, 6.45) is 10.8. The second-order valence-electron chi connectivity index (χ2n) is 10.4. The van der Waals surface area contributed by atoms with Gasteiger partial charge in [0.05, 0.1) is 33.0 Å². The van der Waals surface area contributed by atoms with Gasteiger partial charge in [-0.2, -0.15) is 0 Å². The highest BCUT2D eigenvalue weighted by Crippen LogP contribution is 2.69. The van der Waals surface area contributed by atoms with E-state index in [2.05, 4.69) is 13.0 Å². The fourth-order valence-electron chi connectivity index (χ4n) is 8.34. The van der Waals surface area contributed by atoms with Crippen molar-refractivity contribution >= 4 is 0 Å². The highest BCUT2D eigenvalue weighted by molar-refractivity contribution is 5.28. The van der Waals surface area contributed by atoms with E-state index in [0.29, 0.717) is 31.0 Å². The molecule has 0 amide bonds. The van der Waals surface area contributed by atoms with Gasteiger partial charge in [0.1, 0.15) is 0 Å². The summed E-state index contributed by atoms with van der Waals surface area (Å²) >= 11 is 0. The van der Waals surface area contributed by atoms with Gasteiger partial charge in [0.2, 0.25) is 0 Å². The zero-order chi connectivity index (χ0) is 19.0. The van der Waals surface area contributed by atoms with Crippen molar-refractivity contribution in [1.29, 1.82) is 0 Å². The maximum Gasteiger partial charge on any atom is 0.174 e. The number of fused-ring (bicyclic) bond motifs is 6. The Bertz CT molecular complexity index is 676. The first-order valence-electron chi connectivity index (χ1n) is 11.4. The lowest BCUT2D eigenvalue weighted by Gasteiger charge is -2.59. The molecule has 5 fully saturated rings. The Hall–Kier alpha value is -0.460. The smallest absolute Gasteiger partial charge is 0.174 e. The Morgan fingerprint density at radius 1 is 0.929 bits per heavy atom. The molecular weight excluding hydrogens is 356 g/mol. The molecule has 4 aliphatic carbocycles. The number of hydrogen-bond acceptors (Lipinski definition) is 5. The summed E-state index contributed by atoms with van der Waals surface area (Å²) in [5.74, 6) is 1.05. The molecule has 2 spiro atoms. The van der Waals surface area contributed by atoms with Gasteiger partial charge < -0.3 is 24.1 Å². The Morgan fingerprint density at radius 2 is 1.64 bits per heavy atom. The highest BCUT2D eigenvalue weighted by Gasteiger charge is 2.67. The Balaban J connectivity index is 1.34. The summed E-state index contributed by atoms with van der Waals surface area (Å²) < 4.78 is 24.6.